The van der Waals surface area contributed by atoms with Gasteiger partial charge in [0.15, 0.2) is 0 Å². The zero-order valence-corrected chi connectivity index (χ0v) is 9.41. The molecule has 0 aromatic heterocycles. The Morgan fingerprint density at radius 3 is 2.60 bits per heavy atom. The zero-order valence-electron chi connectivity index (χ0n) is 8.66. The van der Waals surface area contributed by atoms with Gasteiger partial charge in [0, 0.05) is 24.3 Å². The average molecular weight is 226 g/mol. The van der Waals surface area contributed by atoms with Gasteiger partial charge in [-0.15, -0.1) is 0 Å². The second-order valence-corrected chi connectivity index (χ2v) is 4.40. The molecule has 1 aliphatic rings. The van der Waals surface area contributed by atoms with Crippen molar-refractivity contribution < 1.29 is 4.74 Å². The van der Waals surface area contributed by atoms with Crippen LogP contribution in [0.15, 0.2) is 24.3 Å². The summed E-state index contributed by atoms with van der Waals surface area (Å²) < 4.78 is 5.33. The lowest BCUT2D eigenvalue weighted by atomic mass is 9.88. The van der Waals surface area contributed by atoms with Gasteiger partial charge in [-0.1, -0.05) is 29.8 Å². The number of nitrogens with two attached hydrogens (primary N) is 1. The van der Waals surface area contributed by atoms with Crippen molar-refractivity contribution in [1.29, 1.82) is 0 Å². The highest BCUT2D eigenvalue weighted by molar-refractivity contribution is 6.31. The average Bonchev–Trinajstić information content (AvgIpc) is 2.30. The Labute approximate surface area is 95.4 Å². The quantitative estimate of drug-likeness (QED) is 0.840. The van der Waals surface area contributed by atoms with Gasteiger partial charge in [-0.05, 0) is 30.4 Å². The number of rotatable bonds is 2. The first-order valence-electron chi connectivity index (χ1n) is 5.37. The molecule has 0 unspecified atom stereocenters. The van der Waals surface area contributed by atoms with E-state index < -0.39 is 0 Å². The first-order chi connectivity index (χ1) is 7.29. The molecular weight excluding hydrogens is 210 g/mol. The van der Waals surface area contributed by atoms with Gasteiger partial charge >= 0.3 is 0 Å². The van der Waals surface area contributed by atoms with Gasteiger partial charge in [0.05, 0.1) is 0 Å². The minimum absolute atomic E-state index is 0.0441. The molecule has 1 heterocycles. The predicted molar refractivity (Wildman–Crippen MR) is 61.9 cm³/mol. The summed E-state index contributed by atoms with van der Waals surface area (Å²) in [4.78, 5) is 0. The Hall–Kier alpha value is -0.570. The first kappa shape index (κ1) is 10.9. The first-order valence-corrected chi connectivity index (χ1v) is 5.74. The Morgan fingerprint density at radius 1 is 1.27 bits per heavy atom. The minimum Gasteiger partial charge on any atom is -0.381 e. The maximum absolute atomic E-state index is 6.23. The maximum Gasteiger partial charge on any atom is 0.0469 e. The second-order valence-electron chi connectivity index (χ2n) is 4.00. The van der Waals surface area contributed by atoms with Crippen molar-refractivity contribution in [2.75, 3.05) is 13.2 Å². The van der Waals surface area contributed by atoms with Crippen molar-refractivity contribution in [3.8, 4) is 0 Å². The van der Waals surface area contributed by atoms with Crippen LogP contribution in [0.1, 0.15) is 24.4 Å². The number of halogens is 1. The smallest absolute Gasteiger partial charge is 0.0469 e. The van der Waals surface area contributed by atoms with E-state index >= 15 is 0 Å². The Balaban J connectivity index is 2.12. The number of hydrogen-bond donors (Lipinski definition) is 1. The lowest BCUT2D eigenvalue weighted by molar-refractivity contribution is 0.0584. The minimum atomic E-state index is 0.0441. The third-order valence-electron chi connectivity index (χ3n) is 3.04. The number of ether oxygens (including phenoxy) is 1. The summed E-state index contributed by atoms with van der Waals surface area (Å²) in [5, 5.41) is 0.775. The van der Waals surface area contributed by atoms with E-state index in [4.69, 9.17) is 22.1 Å². The Morgan fingerprint density at radius 2 is 1.93 bits per heavy atom. The molecule has 1 aromatic rings. The summed E-state index contributed by atoms with van der Waals surface area (Å²) >= 11 is 6.13. The highest BCUT2D eigenvalue weighted by Gasteiger charge is 2.23. The monoisotopic (exact) mass is 225 g/mol. The molecule has 1 saturated heterocycles. The molecule has 1 atom stereocenters. The van der Waals surface area contributed by atoms with Crippen LogP contribution in [0.3, 0.4) is 0 Å². The van der Waals surface area contributed by atoms with E-state index in [0.717, 1.165) is 36.6 Å². The second kappa shape index (κ2) is 4.97. The zero-order chi connectivity index (χ0) is 10.7. The number of benzene rings is 1. The van der Waals surface area contributed by atoms with E-state index in [9.17, 15) is 0 Å². The number of hydrogen-bond acceptors (Lipinski definition) is 2. The van der Waals surface area contributed by atoms with Crippen molar-refractivity contribution in [1.82, 2.24) is 0 Å². The van der Waals surface area contributed by atoms with Crippen molar-refractivity contribution >= 4 is 11.6 Å². The van der Waals surface area contributed by atoms with Crippen LogP contribution in [-0.4, -0.2) is 13.2 Å². The van der Waals surface area contributed by atoms with Crippen molar-refractivity contribution in [2.45, 2.75) is 18.9 Å². The van der Waals surface area contributed by atoms with Gasteiger partial charge in [-0.3, -0.25) is 0 Å². The van der Waals surface area contributed by atoms with Crippen LogP contribution in [0.5, 0.6) is 0 Å². The standard InChI is InChI=1S/C12H16ClNO/c13-11-4-2-1-3-10(11)12(14)9-5-7-15-8-6-9/h1-4,9,12H,5-8,14H2/t12-/m1/s1. The molecule has 1 aromatic carbocycles. The molecule has 0 aliphatic carbocycles. The molecule has 0 bridgehead atoms. The van der Waals surface area contributed by atoms with Crippen LogP contribution in [-0.2, 0) is 4.74 Å². The summed E-state index contributed by atoms with van der Waals surface area (Å²) in [5.74, 6) is 0.499. The largest absolute Gasteiger partial charge is 0.381 e. The molecule has 0 saturated carbocycles. The fourth-order valence-electron chi connectivity index (χ4n) is 2.07. The molecular formula is C12H16ClNO. The Bertz CT molecular complexity index is 323. The lowest BCUT2D eigenvalue weighted by Gasteiger charge is -2.28. The molecule has 1 fully saturated rings. The topological polar surface area (TPSA) is 35.2 Å². The molecule has 1 aliphatic heterocycles. The van der Waals surface area contributed by atoms with Crippen LogP contribution < -0.4 is 5.73 Å². The molecule has 15 heavy (non-hydrogen) atoms. The van der Waals surface area contributed by atoms with Gasteiger partial charge in [0.25, 0.3) is 0 Å². The van der Waals surface area contributed by atoms with E-state index in [1.807, 2.05) is 24.3 Å². The molecule has 82 valence electrons. The Kier molecular flexibility index (Phi) is 3.62. The summed E-state index contributed by atoms with van der Waals surface area (Å²) in [7, 11) is 0. The predicted octanol–water partition coefficient (Wildman–Crippen LogP) is 2.77. The molecule has 0 spiro atoms. The molecule has 0 amide bonds. The summed E-state index contributed by atoms with van der Waals surface area (Å²) in [5.41, 5.74) is 7.29. The third kappa shape index (κ3) is 2.51. The van der Waals surface area contributed by atoms with Crippen LogP contribution in [0, 0.1) is 5.92 Å². The maximum atomic E-state index is 6.23. The van der Waals surface area contributed by atoms with E-state index in [2.05, 4.69) is 0 Å². The van der Waals surface area contributed by atoms with E-state index in [-0.39, 0.29) is 6.04 Å². The highest BCUT2D eigenvalue weighted by atomic mass is 35.5. The van der Waals surface area contributed by atoms with E-state index in [0.29, 0.717) is 5.92 Å². The van der Waals surface area contributed by atoms with Gasteiger partial charge in [-0.2, -0.15) is 0 Å². The van der Waals surface area contributed by atoms with Crippen molar-refractivity contribution in [2.24, 2.45) is 11.7 Å². The van der Waals surface area contributed by atoms with E-state index in [1.54, 1.807) is 0 Å². The fraction of sp³-hybridized carbons (Fsp3) is 0.500. The van der Waals surface area contributed by atoms with Gasteiger partial charge in [0.1, 0.15) is 0 Å². The molecule has 2 N–H and O–H groups in total. The molecule has 2 rings (SSSR count). The summed E-state index contributed by atoms with van der Waals surface area (Å²) in [6.45, 7) is 1.64. The molecule has 0 radical (unpaired) electrons. The van der Waals surface area contributed by atoms with Crippen LogP contribution in [0.2, 0.25) is 5.02 Å². The highest BCUT2D eigenvalue weighted by Crippen LogP contribution is 2.31. The summed E-state index contributed by atoms with van der Waals surface area (Å²) in [6.07, 6.45) is 2.07. The lowest BCUT2D eigenvalue weighted by Crippen LogP contribution is -2.27. The van der Waals surface area contributed by atoms with Crippen LogP contribution >= 0.6 is 11.6 Å². The van der Waals surface area contributed by atoms with Gasteiger partial charge in [-0.25, -0.2) is 0 Å². The third-order valence-corrected chi connectivity index (χ3v) is 3.38. The normalized spacial score (nSPS) is 20.1. The van der Waals surface area contributed by atoms with Crippen molar-refractivity contribution in [3.63, 3.8) is 0 Å². The van der Waals surface area contributed by atoms with Crippen LogP contribution in [0.4, 0.5) is 0 Å². The van der Waals surface area contributed by atoms with Crippen molar-refractivity contribution in [3.05, 3.63) is 34.9 Å². The van der Waals surface area contributed by atoms with E-state index in [1.165, 1.54) is 0 Å². The molecule has 2 nitrogen and oxygen atoms in total. The molecule has 3 heteroatoms. The van der Waals surface area contributed by atoms with Gasteiger partial charge < -0.3 is 10.5 Å². The van der Waals surface area contributed by atoms with Crippen LogP contribution in [0.25, 0.3) is 0 Å². The van der Waals surface area contributed by atoms with Gasteiger partial charge in [0.2, 0.25) is 0 Å². The summed E-state index contributed by atoms with van der Waals surface area (Å²) in [6, 6.07) is 7.88. The SMILES string of the molecule is N[C@@H](c1ccccc1Cl)C1CCOCC1. The fourth-order valence-corrected chi connectivity index (χ4v) is 2.34.